The predicted octanol–water partition coefficient (Wildman–Crippen LogP) is 1.11. The number of piperazine rings is 1. The lowest BCUT2D eigenvalue weighted by Gasteiger charge is -2.34. The van der Waals surface area contributed by atoms with Gasteiger partial charge < -0.3 is 9.42 Å². The summed E-state index contributed by atoms with van der Waals surface area (Å²) in [4.78, 5) is 17.8. The van der Waals surface area contributed by atoms with Crippen molar-refractivity contribution < 1.29 is 4.52 Å². The summed E-state index contributed by atoms with van der Waals surface area (Å²) < 4.78 is 5.17. The summed E-state index contributed by atoms with van der Waals surface area (Å²) >= 11 is 0. The molecule has 0 radical (unpaired) electrons. The van der Waals surface area contributed by atoms with Crippen molar-refractivity contribution in [2.24, 2.45) is 0 Å². The van der Waals surface area contributed by atoms with E-state index in [4.69, 9.17) is 4.52 Å². The first-order valence-corrected chi connectivity index (χ1v) is 7.19. The van der Waals surface area contributed by atoms with E-state index in [1.165, 1.54) is 0 Å². The fourth-order valence-electron chi connectivity index (χ4n) is 2.55. The van der Waals surface area contributed by atoms with Crippen LogP contribution in [-0.4, -0.2) is 51.2 Å². The Morgan fingerprint density at radius 3 is 2.24 bits per heavy atom. The molecular formula is C14H20N6O. The van der Waals surface area contributed by atoms with Crippen LogP contribution in [0.2, 0.25) is 0 Å². The molecule has 0 spiro atoms. The van der Waals surface area contributed by atoms with Gasteiger partial charge in [-0.25, -0.2) is 9.97 Å². The van der Waals surface area contributed by atoms with Crippen molar-refractivity contribution in [1.82, 2.24) is 25.0 Å². The lowest BCUT2D eigenvalue weighted by Crippen LogP contribution is -2.46. The molecule has 7 nitrogen and oxygen atoms in total. The molecule has 2 aromatic heterocycles. The van der Waals surface area contributed by atoms with E-state index in [1.54, 1.807) is 0 Å². The third-order valence-corrected chi connectivity index (χ3v) is 3.55. The van der Waals surface area contributed by atoms with Gasteiger partial charge in [-0.1, -0.05) is 5.16 Å². The summed E-state index contributed by atoms with van der Waals surface area (Å²) in [7, 11) is 0. The van der Waals surface area contributed by atoms with Gasteiger partial charge in [-0.3, -0.25) is 4.90 Å². The molecule has 0 aromatic carbocycles. The summed E-state index contributed by atoms with van der Waals surface area (Å²) in [6, 6.07) is 2.00. The summed E-state index contributed by atoms with van der Waals surface area (Å²) in [5, 5.41) is 3.82. The molecular weight excluding hydrogens is 268 g/mol. The maximum Gasteiger partial charge on any atom is 0.240 e. The van der Waals surface area contributed by atoms with Gasteiger partial charge in [0.15, 0.2) is 5.82 Å². The van der Waals surface area contributed by atoms with E-state index in [1.807, 2.05) is 26.8 Å². The molecule has 0 aliphatic carbocycles. The highest BCUT2D eigenvalue weighted by atomic mass is 16.5. The number of rotatable bonds is 3. The monoisotopic (exact) mass is 288 g/mol. The molecule has 21 heavy (non-hydrogen) atoms. The van der Waals surface area contributed by atoms with Gasteiger partial charge in [0.05, 0.1) is 6.54 Å². The third kappa shape index (κ3) is 3.36. The van der Waals surface area contributed by atoms with Crippen molar-refractivity contribution >= 4 is 5.95 Å². The van der Waals surface area contributed by atoms with Crippen LogP contribution in [-0.2, 0) is 6.54 Å². The molecule has 1 aliphatic heterocycles. The SMILES string of the molecule is Cc1cc(C)nc(N2CCN(Cc3nc(C)no3)CC2)n1. The molecule has 1 saturated heterocycles. The van der Waals surface area contributed by atoms with Crippen molar-refractivity contribution in [2.75, 3.05) is 31.1 Å². The van der Waals surface area contributed by atoms with E-state index < -0.39 is 0 Å². The topological polar surface area (TPSA) is 71.2 Å². The van der Waals surface area contributed by atoms with E-state index in [-0.39, 0.29) is 0 Å². The van der Waals surface area contributed by atoms with Gasteiger partial charge in [-0.15, -0.1) is 0 Å². The zero-order valence-corrected chi connectivity index (χ0v) is 12.7. The number of anilines is 1. The van der Waals surface area contributed by atoms with E-state index in [0.29, 0.717) is 18.3 Å². The molecule has 3 rings (SSSR count). The molecule has 112 valence electrons. The maximum atomic E-state index is 5.17. The van der Waals surface area contributed by atoms with Crippen molar-refractivity contribution in [3.8, 4) is 0 Å². The molecule has 7 heteroatoms. The Kier molecular flexibility index (Phi) is 3.83. The Morgan fingerprint density at radius 2 is 1.67 bits per heavy atom. The molecule has 0 amide bonds. The normalized spacial score (nSPS) is 16.4. The first-order chi connectivity index (χ1) is 10.1. The minimum absolute atomic E-state index is 0.684. The molecule has 3 heterocycles. The molecule has 0 bridgehead atoms. The Hall–Kier alpha value is -2.02. The molecule has 0 saturated carbocycles. The molecule has 0 unspecified atom stereocenters. The highest BCUT2D eigenvalue weighted by molar-refractivity contribution is 5.32. The van der Waals surface area contributed by atoms with Crippen molar-refractivity contribution in [3.63, 3.8) is 0 Å². The maximum absolute atomic E-state index is 5.17. The summed E-state index contributed by atoms with van der Waals surface area (Å²) in [5.41, 5.74) is 2.03. The first-order valence-electron chi connectivity index (χ1n) is 7.19. The minimum Gasteiger partial charge on any atom is -0.338 e. The van der Waals surface area contributed by atoms with Crippen LogP contribution in [0.4, 0.5) is 5.95 Å². The average molecular weight is 288 g/mol. The van der Waals surface area contributed by atoms with Gasteiger partial charge >= 0.3 is 0 Å². The molecule has 0 N–H and O–H groups in total. The molecule has 1 aliphatic rings. The van der Waals surface area contributed by atoms with Crippen LogP contribution in [0, 0.1) is 20.8 Å². The fraction of sp³-hybridized carbons (Fsp3) is 0.571. The number of aromatic nitrogens is 4. The quantitative estimate of drug-likeness (QED) is 0.837. The van der Waals surface area contributed by atoms with E-state index in [9.17, 15) is 0 Å². The zero-order chi connectivity index (χ0) is 14.8. The predicted molar refractivity (Wildman–Crippen MR) is 78.0 cm³/mol. The van der Waals surface area contributed by atoms with E-state index in [2.05, 4.69) is 29.9 Å². The van der Waals surface area contributed by atoms with Crippen molar-refractivity contribution in [2.45, 2.75) is 27.3 Å². The second-order valence-corrected chi connectivity index (χ2v) is 5.45. The molecule has 0 atom stereocenters. The Labute approximate surface area is 124 Å². The van der Waals surface area contributed by atoms with Crippen LogP contribution >= 0.6 is 0 Å². The third-order valence-electron chi connectivity index (χ3n) is 3.55. The van der Waals surface area contributed by atoms with Crippen LogP contribution < -0.4 is 4.90 Å². The standard InChI is InChI=1S/C14H20N6O/c1-10-8-11(2)16-14(15-10)20-6-4-19(5-7-20)9-13-17-12(3)18-21-13/h8H,4-7,9H2,1-3H3. The summed E-state index contributed by atoms with van der Waals surface area (Å²) in [6.45, 7) is 10.3. The molecule has 2 aromatic rings. The minimum atomic E-state index is 0.684. The molecule has 1 fully saturated rings. The smallest absolute Gasteiger partial charge is 0.240 e. The van der Waals surface area contributed by atoms with Crippen LogP contribution in [0.15, 0.2) is 10.6 Å². The van der Waals surface area contributed by atoms with Gasteiger partial charge in [0.1, 0.15) is 0 Å². The highest BCUT2D eigenvalue weighted by Crippen LogP contribution is 2.14. The Bertz CT molecular complexity index is 597. The zero-order valence-electron chi connectivity index (χ0n) is 12.7. The number of nitrogens with zero attached hydrogens (tertiary/aromatic N) is 6. The van der Waals surface area contributed by atoms with Gasteiger partial charge in [-0.2, -0.15) is 4.98 Å². The van der Waals surface area contributed by atoms with Crippen LogP contribution in [0.1, 0.15) is 23.1 Å². The van der Waals surface area contributed by atoms with Crippen molar-refractivity contribution in [3.05, 3.63) is 29.2 Å². The number of hydrogen-bond acceptors (Lipinski definition) is 7. The van der Waals surface area contributed by atoms with Gasteiger partial charge in [-0.05, 0) is 26.8 Å². The highest BCUT2D eigenvalue weighted by Gasteiger charge is 2.20. The second kappa shape index (κ2) is 5.77. The van der Waals surface area contributed by atoms with Crippen LogP contribution in [0.5, 0.6) is 0 Å². The van der Waals surface area contributed by atoms with Crippen LogP contribution in [0.3, 0.4) is 0 Å². The summed E-state index contributed by atoms with van der Waals surface area (Å²) in [5.74, 6) is 2.21. The van der Waals surface area contributed by atoms with E-state index >= 15 is 0 Å². The lowest BCUT2D eigenvalue weighted by atomic mass is 10.3. The first kappa shape index (κ1) is 13.9. The largest absolute Gasteiger partial charge is 0.338 e. The second-order valence-electron chi connectivity index (χ2n) is 5.45. The number of aryl methyl sites for hydroxylation is 3. The summed E-state index contributed by atoms with van der Waals surface area (Å²) in [6.07, 6.45) is 0. The van der Waals surface area contributed by atoms with Gasteiger partial charge in [0.25, 0.3) is 0 Å². The van der Waals surface area contributed by atoms with Crippen LogP contribution in [0.25, 0.3) is 0 Å². The van der Waals surface area contributed by atoms with Gasteiger partial charge in [0, 0.05) is 37.6 Å². The van der Waals surface area contributed by atoms with E-state index in [0.717, 1.165) is 43.5 Å². The van der Waals surface area contributed by atoms with Crippen molar-refractivity contribution in [1.29, 1.82) is 0 Å². The number of hydrogen-bond donors (Lipinski definition) is 0. The lowest BCUT2D eigenvalue weighted by molar-refractivity contribution is 0.214. The van der Waals surface area contributed by atoms with Gasteiger partial charge in [0.2, 0.25) is 11.8 Å². The average Bonchev–Trinajstić information content (AvgIpc) is 2.84. The Morgan fingerprint density at radius 1 is 1.00 bits per heavy atom. The fourth-order valence-corrected chi connectivity index (χ4v) is 2.55. The Balaban J connectivity index is 1.59.